The highest BCUT2D eigenvalue weighted by Crippen LogP contribution is 2.21. The largest absolute Gasteiger partial charge is 0.406 e. The molecule has 6 heteroatoms. The molecular formula is C14H16ClN3OS. The predicted molar refractivity (Wildman–Crippen MR) is 85.2 cm³/mol. The Labute approximate surface area is 128 Å². The van der Waals surface area contributed by atoms with Crippen LogP contribution in [0.25, 0.3) is 0 Å². The van der Waals surface area contributed by atoms with Crippen molar-refractivity contribution in [3.63, 3.8) is 0 Å². The van der Waals surface area contributed by atoms with E-state index in [1.807, 2.05) is 46.8 Å². The maximum atomic E-state index is 5.94. The summed E-state index contributed by atoms with van der Waals surface area (Å²) in [5.74, 6) is 1.39. The molecule has 2 N–H and O–H groups in total. The van der Waals surface area contributed by atoms with Gasteiger partial charge in [0.25, 0.3) is 0 Å². The minimum atomic E-state index is 0. The lowest BCUT2D eigenvalue weighted by molar-refractivity contribution is -0.107. The lowest BCUT2D eigenvalue weighted by atomic mass is 10.3. The van der Waals surface area contributed by atoms with Crippen molar-refractivity contribution in [2.75, 3.05) is 13.1 Å². The summed E-state index contributed by atoms with van der Waals surface area (Å²) < 4.78 is 0. The van der Waals surface area contributed by atoms with Gasteiger partial charge in [-0.15, -0.1) is 28.8 Å². The van der Waals surface area contributed by atoms with Crippen LogP contribution in [0.4, 0.5) is 5.69 Å². The van der Waals surface area contributed by atoms with Crippen LogP contribution in [0.1, 0.15) is 11.3 Å². The molecule has 1 aromatic carbocycles. The van der Waals surface area contributed by atoms with Crippen molar-refractivity contribution in [3.8, 4) is 5.75 Å². The van der Waals surface area contributed by atoms with E-state index in [0.29, 0.717) is 5.84 Å². The zero-order valence-electron chi connectivity index (χ0n) is 10.9. The Kier molecular flexibility index (Phi) is 5.00. The number of nitrogens with zero attached hydrogens (tertiary/aromatic N) is 2. The Bertz CT molecular complexity index is 565. The first-order valence-electron chi connectivity index (χ1n) is 6.22. The van der Waals surface area contributed by atoms with Crippen molar-refractivity contribution in [1.29, 1.82) is 0 Å². The van der Waals surface area contributed by atoms with Gasteiger partial charge in [-0.3, -0.25) is 0 Å². The van der Waals surface area contributed by atoms with Crippen LogP contribution in [0, 0.1) is 0 Å². The van der Waals surface area contributed by atoms with Gasteiger partial charge in [-0.1, -0.05) is 6.07 Å². The number of rotatable bonds is 4. The van der Waals surface area contributed by atoms with E-state index < -0.39 is 0 Å². The van der Waals surface area contributed by atoms with Gasteiger partial charge in [0.15, 0.2) is 0 Å². The molecule has 0 radical (unpaired) electrons. The first-order chi connectivity index (χ1) is 9.31. The van der Waals surface area contributed by atoms with Crippen molar-refractivity contribution < 1.29 is 4.84 Å². The van der Waals surface area contributed by atoms with Crippen molar-refractivity contribution in [2.24, 2.45) is 10.7 Å². The van der Waals surface area contributed by atoms with Crippen LogP contribution in [0.5, 0.6) is 5.75 Å². The number of benzene rings is 1. The van der Waals surface area contributed by atoms with Crippen molar-refractivity contribution in [2.45, 2.75) is 6.42 Å². The molecule has 0 unspecified atom stereocenters. The molecule has 4 nitrogen and oxygen atoms in total. The Morgan fingerprint density at radius 2 is 1.95 bits per heavy atom. The Balaban J connectivity index is 0.00000147. The monoisotopic (exact) mass is 309 g/mol. The zero-order chi connectivity index (χ0) is 13.1. The SMILES string of the molecule is Cl.NC(=Nc1ccc(ON2CCC2)cc1)c1cccs1. The molecule has 1 aromatic heterocycles. The van der Waals surface area contributed by atoms with Gasteiger partial charge in [-0.25, -0.2) is 4.99 Å². The first-order valence-corrected chi connectivity index (χ1v) is 7.10. The molecule has 0 amide bonds. The fraction of sp³-hybridized carbons (Fsp3) is 0.214. The molecule has 20 heavy (non-hydrogen) atoms. The first kappa shape index (κ1) is 14.8. The van der Waals surface area contributed by atoms with E-state index in [-0.39, 0.29) is 12.4 Å². The van der Waals surface area contributed by atoms with E-state index in [0.717, 1.165) is 29.4 Å². The topological polar surface area (TPSA) is 50.9 Å². The number of hydroxylamine groups is 2. The second-order valence-corrected chi connectivity index (χ2v) is 5.29. The second kappa shape index (κ2) is 6.74. The Morgan fingerprint density at radius 1 is 1.20 bits per heavy atom. The smallest absolute Gasteiger partial charge is 0.147 e. The maximum Gasteiger partial charge on any atom is 0.147 e. The molecular weight excluding hydrogens is 294 g/mol. The molecule has 0 atom stereocenters. The van der Waals surface area contributed by atoms with Crippen LogP contribution in [0.3, 0.4) is 0 Å². The van der Waals surface area contributed by atoms with Crippen molar-refractivity contribution in [1.82, 2.24) is 5.06 Å². The van der Waals surface area contributed by atoms with Crippen molar-refractivity contribution in [3.05, 3.63) is 46.7 Å². The highest BCUT2D eigenvalue weighted by molar-refractivity contribution is 7.12. The number of hydrogen-bond acceptors (Lipinski definition) is 4. The summed E-state index contributed by atoms with van der Waals surface area (Å²) in [4.78, 5) is 11.0. The Hall–Kier alpha value is -1.56. The summed E-state index contributed by atoms with van der Waals surface area (Å²) >= 11 is 1.59. The fourth-order valence-corrected chi connectivity index (χ4v) is 2.35. The second-order valence-electron chi connectivity index (χ2n) is 4.34. The highest BCUT2D eigenvalue weighted by Gasteiger charge is 2.15. The minimum Gasteiger partial charge on any atom is -0.406 e. The van der Waals surface area contributed by atoms with Crippen LogP contribution < -0.4 is 10.6 Å². The van der Waals surface area contributed by atoms with Crippen LogP contribution in [-0.4, -0.2) is 24.0 Å². The third-order valence-electron chi connectivity index (χ3n) is 2.91. The molecule has 1 saturated heterocycles. The van der Waals surface area contributed by atoms with Crippen molar-refractivity contribution >= 4 is 35.3 Å². The molecule has 1 aliphatic heterocycles. The standard InChI is InChI=1S/C14H15N3OS.ClH/c15-14(13-3-1-10-19-13)16-11-4-6-12(7-5-11)18-17-8-2-9-17;/h1,3-7,10H,2,8-9H2,(H2,15,16);1H. The van der Waals surface area contributed by atoms with Crippen LogP contribution in [0.2, 0.25) is 0 Å². The van der Waals surface area contributed by atoms with E-state index in [2.05, 4.69) is 4.99 Å². The number of amidine groups is 1. The maximum absolute atomic E-state index is 5.94. The molecule has 0 bridgehead atoms. The van der Waals surface area contributed by atoms with Gasteiger partial charge in [0.2, 0.25) is 0 Å². The quantitative estimate of drug-likeness (QED) is 0.697. The molecule has 2 heterocycles. The average Bonchev–Trinajstić information content (AvgIpc) is 2.89. The molecule has 3 rings (SSSR count). The third-order valence-corrected chi connectivity index (χ3v) is 3.80. The summed E-state index contributed by atoms with van der Waals surface area (Å²) in [6.07, 6.45) is 1.21. The average molecular weight is 310 g/mol. The minimum absolute atomic E-state index is 0. The number of nitrogens with two attached hydrogens (primary N) is 1. The summed E-state index contributed by atoms with van der Waals surface area (Å²) in [7, 11) is 0. The normalized spacial score (nSPS) is 15.3. The summed E-state index contributed by atoms with van der Waals surface area (Å²) in [6.45, 7) is 2.01. The van der Waals surface area contributed by atoms with Crippen LogP contribution in [0.15, 0.2) is 46.8 Å². The lowest BCUT2D eigenvalue weighted by Crippen LogP contribution is -2.39. The van der Waals surface area contributed by atoms with E-state index in [1.165, 1.54) is 6.42 Å². The molecule has 1 fully saturated rings. The molecule has 0 spiro atoms. The summed E-state index contributed by atoms with van der Waals surface area (Å²) in [5, 5.41) is 3.93. The van der Waals surface area contributed by atoms with Gasteiger partial charge in [0, 0.05) is 13.1 Å². The Morgan fingerprint density at radius 3 is 2.50 bits per heavy atom. The van der Waals surface area contributed by atoms with E-state index in [1.54, 1.807) is 11.3 Å². The van der Waals surface area contributed by atoms with Gasteiger partial charge < -0.3 is 10.6 Å². The van der Waals surface area contributed by atoms with Crippen LogP contribution >= 0.6 is 23.7 Å². The predicted octanol–water partition coefficient (Wildman–Crippen LogP) is 3.21. The number of hydrogen-bond donors (Lipinski definition) is 1. The zero-order valence-corrected chi connectivity index (χ0v) is 12.5. The highest BCUT2D eigenvalue weighted by atomic mass is 35.5. The van der Waals surface area contributed by atoms with E-state index in [9.17, 15) is 0 Å². The van der Waals surface area contributed by atoms with Gasteiger partial charge in [0.05, 0.1) is 10.6 Å². The van der Waals surface area contributed by atoms with E-state index >= 15 is 0 Å². The van der Waals surface area contributed by atoms with E-state index in [4.69, 9.17) is 10.6 Å². The van der Waals surface area contributed by atoms with Gasteiger partial charge >= 0.3 is 0 Å². The third kappa shape index (κ3) is 3.50. The van der Waals surface area contributed by atoms with Gasteiger partial charge in [-0.2, -0.15) is 0 Å². The summed E-state index contributed by atoms with van der Waals surface area (Å²) in [6, 6.07) is 11.6. The number of aliphatic imine (C=N–C) groups is 1. The molecule has 106 valence electrons. The number of halogens is 1. The molecule has 1 aliphatic rings. The van der Waals surface area contributed by atoms with Gasteiger partial charge in [0.1, 0.15) is 11.6 Å². The lowest BCUT2D eigenvalue weighted by Gasteiger charge is -2.29. The molecule has 0 saturated carbocycles. The fourth-order valence-electron chi connectivity index (χ4n) is 1.73. The number of thiophene rings is 1. The molecule has 0 aliphatic carbocycles. The van der Waals surface area contributed by atoms with Crippen LogP contribution in [-0.2, 0) is 0 Å². The van der Waals surface area contributed by atoms with Gasteiger partial charge in [-0.05, 0) is 42.1 Å². The summed E-state index contributed by atoms with van der Waals surface area (Å²) in [5.41, 5.74) is 6.78. The molecule has 2 aromatic rings.